The molecule has 0 saturated carbocycles. The maximum atomic E-state index is 8.39. The average Bonchev–Trinajstić information content (AvgIpc) is 2.04. The van der Waals surface area contributed by atoms with E-state index < -0.39 is 0 Å². The number of aliphatic hydroxyl groups is 1. The van der Waals surface area contributed by atoms with Crippen molar-refractivity contribution in [3.63, 3.8) is 0 Å². The van der Waals surface area contributed by atoms with Crippen LogP contribution in [0.15, 0.2) is 0 Å². The van der Waals surface area contributed by atoms with E-state index in [0.29, 0.717) is 13.2 Å². The van der Waals surface area contributed by atoms with E-state index in [2.05, 4.69) is 5.32 Å². The SMILES string of the molecule is CCC(N)OCCNCCO. The van der Waals surface area contributed by atoms with Crippen LogP contribution >= 0.6 is 0 Å². The van der Waals surface area contributed by atoms with Crippen molar-refractivity contribution >= 4 is 0 Å². The van der Waals surface area contributed by atoms with Gasteiger partial charge in [0, 0.05) is 13.1 Å². The van der Waals surface area contributed by atoms with Crippen LogP contribution in [-0.2, 0) is 4.74 Å². The summed E-state index contributed by atoms with van der Waals surface area (Å²) in [5, 5.41) is 11.4. The molecule has 11 heavy (non-hydrogen) atoms. The fourth-order valence-electron chi connectivity index (χ4n) is 0.604. The number of aliphatic hydroxyl groups excluding tert-OH is 1. The van der Waals surface area contributed by atoms with E-state index in [1.165, 1.54) is 0 Å². The van der Waals surface area contributed by atoms with Gasteiger partial charge in [-0.15, -0.1) is 0 Å². The Balaban J connectivity index is 2.89. The summed E-state index contributed by atoms with van der Waals surface area (Å²) < 4.78 is 5.17. The molecule has 1 atom stereocenters. The van der Waals surface area contributed by atoms with Gasteiger partial charge in [-0.3, -0.25) is 0 Å². The molecule has 0 aliphatic heterocycles. The molecule has 4 nitrogen and oxygen atoms in total. The monoisotopic (exact) mass is 162 g/mol. The Morgan fingerprint density at radius 1 is 1.55 bits per heavy atom. The van der Waals surface area contributed by atoms with Crippen molar-refractivity contribution in [1.82, 2.24) is 5.32 Å². The standard InChI is InChI=1S/C7H18N2O2/c1-2-7(8)11-6-4-9-3-5-10/h7,9-10H,2-6,8H2,1H3. The van der Waals surface area contributed by atoms with Crippen LogP contribution in [0.2, 0.25) is 0 Å². The first-order valence-electron chi connectivity index (χ1n) is 4.00. The highest BCUT2D eigenvalue weighted by molar-refractivity contribution is 4.46. The van der Waals surface area contributed by atoms with Crippen molar-refractivity contribution in [1.29, 1.82) is 0 Å². The van der Waals surface area contributed by atoms with Gasteiger partial charge in [-0.1, -0.05) is 6.92 Å². The second-order valence-corrected chi connectivity index (χ2v) is 2.29. The lowest BCUT2D eigenvalue weighted by molar-refractivity contribution is 0.0569. The van der Waals surface area contributed by atoms with Gasteiger partial charge in [0.1, 0.15) is 6.23 Å². The minimum absolute atomic E-state index is 0.147. The molecule has 0 saturated heterocycles. The zero-order valence-electron chi connectivity index (χ0n) is 7.05. The molecule has 0 heterocycles. The molecule has 68 valence electrons. The summed E-state index contributed by atoms with van der Waals surface area (Å²) in [5.74, 6) is 0. The summed E-state index contributed by atoms with van der Waals surface area (Å²) in [6.07, 6.45) is 0.686. The zero-order chi connectivity index (χ0) is 8.53. The van der Waals surface area contributed by atoms with Crippen LogP contribution in [0.1, 0.15) is 13.3 Å². The molecule has 4 heteroatoms. The van der Waals surface area contributed by atoms with Crippen LogP contribution in [0.3, 0.4) is 0 Å². The lowest BCUT2D eigenvalue weighted by Gasteiger charge is -2.10. The summed E-state index contributed by atoms with van der Waals surface area (Å²) in [4.78, 5) is 0. The number of hydrogen-bond acceptors (Lipinski definition) is 4. The normalized spacial score (nSPS) is 13.4. The molecule has 0 aromatic rings. The Bertz CT molecular complexity index is 80.8. The lowest BCUT2D eigenvalue weighted by atomic mass is 10.4. The first-order valence-corrected chi connectivity index (χ1v) is 4.00. The third-order valence-corrected chi connectivity index (χ3v) is 1.30. The smallest absolute Gasteiger partial charge is 0.105 e. The van der Waals surface area contributed by atoms with Crippen LogP contribution in [0, 0.1) is 0 Å². The van der Waals surface area contributed by atoms with Crippen LogP contribution in [0.4, 0.5) is 0 Å². The highest BCUT2D eigenvalue weighted by atomic mass is 16.5. The third kappa shape index (κ3) is 7.74. The molecule has 0 aliphatic rings. The van der Waals surface area contributed by atoms with Crippen LogP contribution in [-0.4, -0.2) is 37.6 Å². The fraction of sp³-hybridized carbons (Fsp3) is 1.00. The van der Waals surface area contributed by atoms with Crippen LogP contribution < -0.4 is 11.1 Å². The molecule has 0 spiro atoms. The molecule has 4 N–H and O–H groups in total. The minimum Gasteiger partial charge on any atom is -0.395 e. The number of rotatable bonds is 7. The molecular formula is C7H18N2O2. The summed E-state index contributed by atoms with van der Waals surface area (Å²) in [6, 6.07) is 0. The molecule has 0 radical (unpaired) electrons. The average molecular weight is 162 g/mol. The van der Waals surface area contributed by atoms with Crippen molar-refractivity contribution in [3.8, 4) is 0 Å². The number of nitrogens with one attached hydrogen (secondary N) is 1. The predicted molar refractivity (Wildman–Crippen MR) is 44.2 cm³/mol. The summed E-state index contributed by atoms with van der Waals surface area (Å²) in [6.45, 7) is 4.11. The molecule has 0 bridgehead atoms. The van der Waals surface area contributed by atoms with Gasteiger partial charge >= 0.3 is 0 Å². The van der Waals surface area contributed by atoms with E-state index in [0.717, 1.165) is 13.0 Å². The number of nitrogens with two attached hydrogens (primary N) is 1. The Hall–Kier alpha value is -0.160. The van der Waals surface area contributed by atoms with Crippen molar-refractivity contribution in [2.45, 2.75) is 19.6 Å². The molecule has 0 fully saturated rings. The molecule has 0 amide bonds. The van der Waals surface area contributed by atoms with E-state index in [-0.39, 0.29) is 12.8 Å². The number of ether oxygens (including phenoxy) is 1. The quantitative estimate of drug-likeness (QED) is 0.341. The maximum Gasteiger partial charge on any atom is 0.105 e. The van der Waals surface area contributed by atoms with Crippen LogP contribution in [0.5, 0.6) is 0 Å². The molecule has 0 aromatic heterocycles. The van der Waals surface area contributed by atoms with E-state index >= 15 is 0 Å². The largest absolute Gasteiger partial charge is 0.395 e. The van der Waals surface area contributed by atoms with Gasteiger partial charge in [-0.25, -0.2) is 0 Å². The second-order valence-electron chi connectivity index (χ2n) is 2.29. The van der Waals surface area contributed by atoms with Crippen LogP contribution in [0.25, 0.3) is 0 Å². The second kappa shape index (κ2) is 7.94. The Morgan fingerprint density at radius 3 is 2.82 bits per heavy atom. The van der Waals surface area contributed by atoms with Gasteiger partial charge in [0.2, 0.25) is 0 Å². The van der Waals surface area contributed by atoms with E-state index in [1.807, 2.05) is 6.92 Å². The van der Waals surface area contributed by atoms with Gasteiger partial charge in [0.15, 0.2) is 0 Å². The Morgan fingerprint density at radius 2 is 2.27 bits per heavy atom. The summed E-state index contributed by atoms with van der Waals surface area (Å²) >= 11 is 0. The summed E-state index contributed by atoms with van der Waals surface area (Å²) in [7, 11) is 0. The molecular weight excluding hydrogens is 144 g/mol. The number of hydrogen-bond donors (Lipinski definition) is 3. The van der Waals surface area contributed by atoms with Gasteiger partial charge in [0.25, 0.3) is 0 Å². The maximum absolute atomic E-state index is 8.39. The highest BCUT2D eigenvalue weighted by Crippen LogP contribution is 1.86. The lowest BCUT2D eigenvalue weighted by Crippen LogP contribution is -2.29. The molecule has 0 rings (SSSR count). The Kier molecular flexibility index (Phi) is 7.83. The highest BCUT2D eigenvalue weighted by Gasteiger charge is 1.95. The van der Waals surface area contributed by atoms with Crippen molar-refractivity contribution in [2.75, 3.05) is 26.3 Å². The molecule has 0 aromatic carbocycles. The van der Waals surface area contributed by atoms with E-state index in [9.17, 15) is 0 Å². The molecule has 0 aliphatic carbocycles. The van der Waals surface area contributed by atoms with Crippen molar-refractivity contribution < 1.29 is 9.84 Å². The first-order chi connectivity index (χ1) is 5.31. The summed E-state index contributed by atoms with van der Waals surface area (Å²) in [5.41, 5.74) is 5.49. The van der Waals surface area contributed by atoms with E-state index in [1.54, 1.807) is 0 Å². The Labute approximate surface area is 67.7 Å². The first kappa shape index (κ1) is 10.8. The predicted octanol–water partition coefficient (Wildman–Crippen LogP) is -0.720. The third-order valence-electron chi connectivity index (χ3n) is 1.30. The van der Waals surface area contributed by atoms with Crippen molar-refractivity contribution in [3.05, 3.63) is 0 Å². The zero-order valence-corrected chi connectivity index (χ0v) is 7.05. The van der Waals surface area contributed by atoms with Gasteiger partial charge in [0.05, 0.1) is 13.2 Å². The van der Waals surface area contributed by atoms with Gasteiger partial charge < -0.3 is 20.9 Å². The van der Waals surface area contributed by atoms with Gasteiger partial charge in [-0.05, 0) is 6.42 Å². The topological polar surface area (TPSA) is 67.5 Å². The minimum atomic E-state index is -0.147. The molecule has 1 unspecified atom stereocenters. The van der Waals surface area contributed by atoms with Gasteiger partial charge in [-0.2, -0.15) is 0 Å². The van der Waals surface area contributed by atoms with Crippen molar-refractivity contribution in [2.24, 2.45) is 5.73 Å². The fourth-order valence-corrected chi connectivity index (χ4v) is 0.604. The van der Waals surface area contributed by atoms with E-state index in [4.69, 9.17) is 15.6 Å².